The first kappa shape index (κ1) is 5.98. The molecule has 0 fully saturated rings. The van der Waals surface area contributed by atoms with Crippen molar-refractivity contribution in [2.24, 2.45) is 0 Å². The van der Waals surface area contributed by atoms with Gasteiger partial charge in [0.25, 0.3) is 0 Å². The molecule has 34 valence electrons. The third kappa shape index (κ3) is 3.98. The number of nitrogens with one attached hydrogen (secondary N) is 1. The monoisotopic (exact) mass is 119 g/mol. The molecule has 0 atom stereocenters. The van der Waals surface area contributed by atoms with Gasteiger partial charge in [-0.3, -0.25) is 0 Å². The zero-order valence-corrected chi connectivity index (χ0v) is 4.80. The van der Waals surface area contributed by atoms with Crippen LogP contribution in [-0.2, 0) is 0 Å². The Morgan fingerprint density at radius 1 is 1.67 bits per heavy atom. The second-order valence-corrected chi connectivity index (χ2v) is 1.13. The molecule has 1 N–H and O–H groups in total. The largest absolute Gasteiger partial charge is 0.358 e. The van der Waals surface area contributed by atoms with Crippen molar-refractivity contribution in [3.63, 3.8) is 0 Å². The minimum atomic E-state index is 1.41. The van der Waals surface area contributed by atoms with Crippen molar-refractivity contribution in [2.75, 3.05) is 0 Å². The van der Waals surface area contributed by atoms with Crippen LogP contribution in [-0.4, -0.2) is 5.49 Å². The van der Waals surface area contributed by atoms with Gasteiger partial charge in [0.15, 0.2) is 0 Å². The van der Waals surface area contributed by atoms with Gasteiger partial charge in [-0.05, 0) is 5.41 Å². The van der Waals surface area contributed by atoms with Gasteiger partial charge in [0.2, 0.25) is 0 Å². The Labute approximate surface area is 47.8 Å². The molecule has 0 amide bonds. The number of thiocarbonyl (C=S) groups is 1. The van der Waals surface area contributed by atoms with Gasteiger partial charge in [-0.1, -0.05) is 12.2 Å². The van der Waals surface area contributed by atoms with E-state index in [0.29, 0.717) is 0 Å². The molecule has 0 aliphatic carbocycles. The summed E-state index contributed by atoms with van der Waals surface area (Å²) in [5, 5.41) is 4.20. The van der Waals surface area contributed by atoms with E-state index >= 15 is 0 Å². The lowest BCUT2D eigenvalue weighted by molar-refractivity contribution is 1.37. The molecule has 0 unspecified atom stereocenters. The molecule has 0 aromatic carbocycles. The van der Waals surface area contributed by atoms with Gasteiger partial charge in [0.1, 0.15) is 0 Å². The van der Waals surface area contributed by atoms with Gasteiger partial charge in [0.05, 0.1) is 5.49 Å². The summed E-state index contributed by atoms with van der Waals surface area (Å²) in [6, 6.07) is 0. The quantitative estimate of drug-likeness (QED) is 0.414. The van der Waals surface area contributed by atoms with Crippen molar-refractivity contribution in [3.8, 4) is 0 Å². The predicted molar refractivity (Wildman–Crippen MR) is 34.9 cm³/mol. The first-order valence-electron chi connectivity index (χ1n) is 1.40. The van der Waals surface area contributed by atoms with Crippen molar-refractivity contribution in [1.82, 2.24) is 5.32 Å². The summed E-state index contributed by atoms with van der Waals surface area (Å²) in [6.07, 6.45) is 1.64. The lowest BCUT2D eigenvalue weighted by Gasteiger charge is -1.76. The molecule has 0 aromatic rings. The van der Waals surface area contributed by atoms with Crippen LogP contribution >= 0.6 is 24.8 Å². The number of thiol groups is 1. The zero-order valence-electron chi connectivity index (χ0n) is 3.09. The number of hydrogen-bond donors (Lipinski definition) is 2. The fourth-order valence-electron chi connectivity index (χ4n) is 0.0823. The minimum absolute atomic E-state index is 1.41. The molecule has 0 spiro atoms. The average Bonchev–Trinajstić information content (AvgIpc) is 1.61. The Kier molecular flexibility index (Phi) is 4.96. The van der Waals surface area contributed by atoms with Crippen LogP contribution in [0.25, 0.3) is 0 Å². The van der Waals surface area contributed by atoms with Crippen LogP contribution in [0.15, 0.2) is 11.6 Å². The molecule has 3 heteroatoms. The van der Waals surface area contributed by atoms with Gasteiger partial charge in [-0.25, -0.2) is 0 Å². The van der Waals surface area contributed by atoms with E-state index in [1.54, 1.807) is 11.6 Å². The SMILES string of the molecule is S=CN/C=C\S. The maximum atomic E-state index is 4.40. The minimum Gasteiger partial charge on any atom is -0.358 e. The van der Waals surface area contributed by atoms with E-state index in [1.807, 2.05) is 0 Å². The van der Waals surface area contributed by atoms with E-state index in [9.17, 15) is 0 Å². The van der Waals surface area contributed by atoms with Gasteiger partial charge in [0, 0.05) is 6.20 Å². The molecule has 1 nitrogen and oxygen atoms in total. The van der Waals surface area contributed by atoms with E-state index in [4.69, 9.17) is 0 Å². The summed E-state index contributed by atoms with van der Waals surface area (Å²) < 4.78 is 0. The first-order valence-corrected chi connectivity index (χ1v) is 2.39. The standard InChI is InChI=1S/C3H5NS2/c5-2-1-4-3-6/h1-3,5H,(H,4,6)/b2-1-. The summed E-state index contributed by atoms with van der Waals surface area (Å²) in [5.41, 5.74) is 1.41. The molecule has 0 heterocycles. The summed E-state index contributed by atoms with van der Waals surface area (Å²) in [4.78, 5) is 0. The Balaban J connectivity index is 2.85. The van der Waals surface area contributed by atoms with E-state index < -0.39 is 0 Å². The molecule has 6 heavy (non-hydrogen) atoms. The van der Waals surface area contributed by atoms with Crippen molar-refractivity contribution >= 4 is 30.3 Å². The summed E-state index contributed by atoms with van der Waals surface area (Å²) in [7, 11) is 0. The topological polar surface area (TPSA) is 12.0 Å². The highest BCUT2D eigenvalue weighted by atomic mass is 32.1. The zero-order chi connectivity index (χ0) is 4.83. The highest BCUT2D eigenvalue weighted by molar-refractivity contribution is 7.83. The van der Waals surface area contributed by atoms with Crippen LogP contribution in [0.2, 0.25) is 0 Å². The molecular formula is C3H5NS2. The molecule has 0 rings (SSSR count). The molecule has 0 radical (unpaired) electrons. The van der Waals surface area contributed by atoms with Crippen molar-refractivity contribution < 1.29 is 0 Å². The van der Waals surface area contributed by atoms with Gasteiger partial charge in [-0.2, -0.15) is 0 Å². The highest BCUT2D eigenvalue weighted by Gasteiger charge is 1.53. The van der Waals surface area contributed by atoms with Gasteiger partial charge >= 0.3 is 0 Å². The smallest absolute Gasteiger partial charge is 0.0654 e. The highest BCUT2D eigenvalue weighted by Crippen LogP contribution is 1.67. The normalized spacial score (nSPS) is 8.83. The lowest BCUT2D eigenvalue weighted by atomic mass is 11.0. The Bertz CT molecular complexity index is 59.8. The predicted octanol–water partition coefficient (Wildman–Crippen LogP) is 0.934. The summed E-state index contributed by atoms with van der Waals surface area (Å²) >= 11 is 8.14. The Morgan fingerprint density at radius 2 is 2.33 bits per heavy atom. The van der Waals surface area contributed by atoms with E-state index in [1.165, 1.54) is 5.49 Å². The fraction of sp³-hybridized carbons (Fsp3) is 0. The van der Waals surface area contributed by atoms with E-state index in [2.05, 4.69) is 30.2 Å². The van der Waals surface area contributed by atoms with E-state index in [0.717, 1.165) is 0 Å². The molecule has 0 aliphatic rings. The molecule has 0 aliphatic heterocycles. The molecule has 0 saturated carbocycles. The third-order valence-electron chi connectivity index (χ3n) is 0.239. The van der Waals surface area contributed by atoms with Crippen LogP contribution in [0, 0.1) is 0 Å². The summed E-state index contributed by atoms with van der Waals surface area (Å²) in [5.74, 6) is 0. The molecule has 0 saturated heterocycles. The average molecular weight is 119 g/mol. The van der Waals surface area contributed by atoms with Gasteiger partial charge in [-0.15, -0.1) is 12.6 Å². The fourth-order valence-corrected chi connectivity index (χ4v) is 0.247. The van der Waals surface area contributed by atoms with Crippen LogP contribution in [0.5, 0.6) is 0 Å². The lowest BCUT2D eigenvalue weighted by Crippen LogP contribution is -1.94. The van der Waals surface area contributed by atoms with E-state index in [-0.39, 0.29) is 0 Å². The number of hydrogen-bond acceptors (Lipinski definition) is 2. The number of rotatable bonds is 2. The van der Waals surface area contributed by atoms with Crippen molar-refractivity contribution in [1.29, 1.82) is 0 Å². The second-order valence-electron chi connectivity index (χ2n) is 0.600. The van der Waals surface area contributed by atoms with Crippen molar-refractivity contribution in [2.45, 2.75) is 0 Å². The maximum absolute atomic E-state index is 4.40. The van der Waals surface area contributed by atoms with Crippen LogP contribution < -0.4 is 5.32 Å². The van der Waals surface area contributed by atoms with Gasteiger partial charge < -0.3 is 5.32 Å². The third-order valence-corrected chi connectivity index (χ3v) is 0.524. The van der Waals surface area contributed by atoms with Crippen LogP contribution in [0.4, 0.5) is 0 Å². The Morgan fingerprint density at radius 3 is 2.50 bits per heavy atom. The molecule has 0 aromatic heterocycles. The first-order chi connectivity index (χ1) is 2.91. The molecular weight excluding hydrogens is 114 g/mol. The second kappa shape index (κ2) is 4.98. The summed E-state index contributed by atoms with van der Waals surface area (Å²) in [6.45, 7) is 0. The van der Waals surface area contributed by atoms with Crippen LogP contribution in [0.1, 0.15) is 0 Å². The van der Waals surface area contributed by atoms with Crippen molar-refractivity contribution in [3.05, 3.63) is 11.6 Å². The maximum Gasteiger partial charge on any atom is 0.0654 e. The van der Waals surface area contributed by atoms with Crippen LogP contribution in [0.3, 0.4) is 0 Å². The Hall–Kier alpha value is -0.0200. The molecule has 0 bridgehead atoms.